The Morgan fingerprint density at radius 1 is 1.03 bits per heavy atom. The number of rotatable bonds is 8. The Hall–Kier alpha value is -3.68. The minimum Gasteiger partial charge on any atom is -0.497 e. The van der Waals surface area contributed by atoms with E-state index in [4.69, 9.17) is 4.74 Å². The lowest BCUT2D eigenvalue weighted by molar-refractivity contribution is -0.130. The van der Waals surface area contributed by atoms with Crippen molar-refractivity contribution in [2.24, 2.45) is 5.41 Å². The third kappa shape index (κ3) is 5.62. The van der Waals surface area contributed by atoms with E-state index in [0.29, 0.717) is 24.1 Å². The topological polar surface area (TPSA) is 105 Å². The Morgan fingerprint density at radius 2 is 1.65 bits per heavy atom. The van der Waals surface area contributed by atoms with Gasteiger partial charge in [0.05, 0.1) is 13.7 Å². The molecule has 0 bridgehead atoms. The first kappa shape index (κ1) is 25.0. The molecule has 34 heavy (non-hydrogen) atoms. The number of imide groups is 1. The Balaban J connectivity index is 1.61. The van der Waals surface area contributed by atoms with Gasteiger partial charge in [-0.1, -0.05) is 32.9 Å². The second kappa shape index (κ2) is 9.67. The highest BCUT2D eigenvalue weighted by atomic mass is 16.5. The molecule has 1 aliphatic rings. The molecule has 4 amide bonds. The number of ether oxygens (including phenoxy) is 1. The molecule has 0 unspecified atom stereocenters. The van der Waals surface area contributed by atoms with Gasteiger partial charge in [-0.3, -0.25) is 19.3 Å². The predicted molar refractivity (Wildman–Crippen MR) is 129 cm³/mol. The minimum absolute atomic E-state index is 0.139. The Bertz CT molecular complexity index is 1090. The maximum absolute atomic E-state index is 13.0. The summed E-state index contributed by atoms with van der Waals surface area (Å²) in [5, 5.41) is 5.53. The third-order valence-corrected chi connectivity index (χ3v) is 5.87. The summed E-state index contributed by atoms with van der Waals surface area (Å²) in [6, 6.07) is 13.3. The van der Waals surface area contributed by atoms with Crippen LogP contribution in [0.1, 0.15) is 50.0 Å². The van der Waals surface area contributed by atoms with Gasteiger partial charge < -0.3 is 15.4 Å². The number of nitrogens with one attached hydrogen (secondary N) is 2. The van der Waals surface area contributed by atoms with Crippen molar-refractivity contribution in [3.8, 4) is 5.75 Å². The molecule has 0 radical (unpaired) electrons. The van der Waals surface area contributed by atoms with Crippen LogP contribution in [0.4, 0.5) is 10.5 Å². The summed E-state index contributed by atoms with van der Waals surface area (Å²) in [6.45, 7) is 6.75. The molecular weight excluding hydrogens is 434 g/mol. The first-order valence-corrected chi connectivity index (χ1v) is 11.1. The van der Waals surface area contributed by atoms with Crippen molar-refractivity contribution in [1.82, 2.24) is 10.2 Å². The van der Waals surface area contributed by atoms with Gasteiger partial charge in [-0.2, -0.15) is 0 Å². The first-order valence-electron chi connectivity index (χ1n) is 11.1. The van der Waals surface area contributed by atoms with E-state index in [1.54, 1.807) is 38.3 Å². The largest absolute Gasteiger partial charge is 0.497 e. The average molecular weight is 466 g/mol. The summed E-state index contributed by atoms with van der Waals surface area (Å²) < 4.78 is 5.15. The lowest BCUT2D eigenvalue weighted by atomic mass is 9.93. The summed E-state index contributed by atoms with van der Waals surface area (Å²) in [5.74, 6) is -0.181. The summed E-state index contributed by atoms with van der Waals surface area (Å²) >= 11 is 0. The van der Waals surface area contributed by atoms with Gasteiger partial charge in [-0.25, -0.2) is 4.79 Å². The quantitative estimate of drug-likeness (QED) is 0.456. The number of carbonyl (C=O) groups is 4. The number of hydrogen-bond donors (Lipinski definition) is 2. The van der Waals surface area contributed by atoms with Crippen LogP contribution < -0.4 is 15.4 Å². The molecule has 2 aromatic carbocycles. The molecule has 2 aromatic rings. The highest BCUT2D eigenvalue weighted by molar-refractivity contribution is 6.11. The number of anilines is 1. The Kier molecular flexibility index (Phi) is 7.09. The molecule has 1 atom stereocenters. The Morgan fingerprint density at radius 3 is 2.21 bits per heavy atom. The van der Waals surface area contributed by atoms with Gasteiger partial charge in [-0.05, 0) is 61.7 Å². The summed E-state index contributed by atoms with van der Waals surface area (Å²) in [5.41, 5.74) is 0.298. The standard InChI is InChI=1S/C26H31N3O5/c1-25(2,3)22(31)27-19-10-8-18(9-11-19)21(30)16-29-23(32)26(4,28-24(29)33)15-14-17-6-12-20(34-5)13-7-17/h6-13H,14-16H2,1-5H3,(H,27,31)(H,28,33)/t26-/m0/s1. The number of carbonyl (C=O) groups excluding carboxylic acids is 4. The van der Waals surface area contributed by atoms with E-state index in [1.165, 1.54) is 0 Å². The molecule has 0 aromatic heterocycles. The number of amides is 4. The Labute approximate surface area is 199 Å². The maximum Gasteiger partial charge on any atom is 0.325 e. The molecule has 3 rings (SSSR count). The molecule has 1 aliphatic heterocycles. The van der Waals surface area contributed by atoms with Crippen molar-refractivity contribution in [3.63, 3.8) is 0 Å². The zero-order chi connectivity index (χ0) is 25.1. The van der Waals surface area contributed by atoms with Crippen LogP contribution in [-0.4, -0.2) is 47.7 Å². The lowest BCUT2D eigenvalue weighted by Gasteiger charge is -2.21. The van der Waals surface area contributed by atoms with E-state index < -0.39 is 22.9 Å². The molecule has 1 fully saturated rings. The number of urea groups is 1. The summed E-state index contributed by atoms with van der Waals surface area (Å²) in [4.78, 5) is 51.4. The van der Waals surface area contributed by atoms with E-state index in [1.807, 2.05) is 45.0 Å². The van der Waals surface area contributed by atoms with Crippen molar-refractivity contribution < 1.29 is 23.9 Å². The molecule has 2 N–H and O–H groups in total. The number of aryl methyl sites for hydroxylation is 1. The monoisotopic (exact) mass is 465 g/mol. The van der Waals surface area contributed by atoms with Crippen LogP contribution in [0.5, 0.6) is 5.75 Å². The van der Waals surface area contributed by atoms with Crippen LogP contribution in [0, 0.1) is 5.41 Å². The van der Waals surface area contributed by atoms with Gasteiger partial charge in [-0.15, -0.1) is 0 Å². The predicted octanol–water partition coefficient (Wildman–Crippen LogP) is 3.81. The molecular formula is C26H31N3O5. The number of Topliss-reactive ketones (excluding diaryl/α,β-unsaturated/α-hetero) is 1. The first-order chi connectivity index (χ1) is 15.9. The summed E-state index contributed by atoms with van der Waals surface area (Å²) in [6.07, 6.45) is 0.979. The smallest absolute Gasteiger partial charge is 0.325 e. The van der Waals surface area contributed by atoms with Crippen LogP contribution in [-0.2, 0) is 16.0 Å². The van der Waals surface area contributed by atoms with Crippen LogP contribution in [0.2, 0.25) is 0 Å². The van der Waals surface area contributed by atoms with Gasteiger partial charge in [0, 0.05) is 16.7 Å². The van der Waals surface area contributed by atoms with E-state index >= 15 is 0 Å². The zero-order valence-electron chi connectivity index (χ0n) is 20.2. The van der Waals surface area contributed by atoms with Crippen LogP contribution in [0.25, 0.3) is 0 Å². The maximum atomic E-state index is 13.0. The molecule has 1 saturated heterocycles. The van der Waals surface area contributed by atoms with E-state index in [2.05, 4.69) is 10.6 Å². The SMILES string of the molecule is COc1ccc(CC[C@]2(C)NC(=O)N(CC(=O)c3ccc(NC(=O)C(C)(C)C)cc3)C2=O)cc1. The number of hydrogen-bond acceptors (Lipinski definition) is 5. The highest BCUT2D eigenvalue weighted by Gasteiger charge is 2.47. The molecule has 0 saturated carbocycles. The van der Waals surface area contributed by atoms with Crippen molar-refractivity contribution in [1.29, 1.82) is 0 Å². The average Bonchev–Trinajstić information content (AvgIpc) is 3.01. The van der Waals surface area contributed by atoms with E-state index in [-0.39, 0.29) is 18.2 Å². The van der Waals surface area contributed by atoms with E-state index in [9.17, 15) is 19.2 Å². The normalized spacial score (nSPS) is 18.0. The number of methoxy groups -OCH3 is 1. The molecule has 8 nitrogen and oxygen atoms in total. The number of benzene rings is 2. The lowest BCUT2D eigenvalue weighted by Crippen LogP contribution is -2.44. The molecule has 0 aliphatic carbocycles. The fourth-order valence-electron chi connectivity index (χ4n) is 3.54. The van der Waals surface area contributed by atoms with Gasteiger partial charge in [0.25, 0.3) is 5.91 Å². The number of nitrogens with zero attached hydrogens (tertiary/aromatic N) is 1. The molecule has 8 heteroatoms. The van der Waals surface area contributed by atoms with E-state index in [0.717, 1.165) is 16.2 Å². The molecule has 180 valence electrons. The van der Waals surface area contributed by atoms with Gasteiger partial charge in [0.2, 0.25) is 5.91 Å². The van der Waals surface area contributed by atoms with Crippen molar-refractivity contribution in [2.45, 2.75) is 46.1 Å². The van der Waals surface area contributed by atoms with Crippen molar-refractivity contribution >= 4 is 29.3 Å². The van der Waals surface area contributed by atoms with Gasteiger partial charge >= 0.3 is 6.03 Å². The van der Waals surface area contributed by atoms with Crippen molar-refractivity contribution in [3.05, 3.63) is 59.7 Å². The second-order valence-electron chi connectivity index (χ2n) is 9.71. The highest BCUT2D eigenvalue weighted by Crippen LogP contribution is 2.25. The second-order valence-corrected chi connectivity index (χ2v) is 9.71. The fourth-order valence-corrected chi connectivity index (χ4v) is 3.54. The number of ketones is 1. The molecule has 1 heterocycles. The molecule has 0 spiro atoms. The fraction of sp³-hybridized carbons (Fsp3) is 0.385. The minimum atomic E-state index is -1.08. The van der Waals surface area contributed by atoms with Crippen LogP contribution >= 0.6 is 0 Å². The van der Waals surface area contributed by atoms with Crippen LogP contribution in [0.15, 0.2) is 48.5 Å². The van der Waals surface area contributed by atoms with Gasteiger partial charge in [0.1, 0.15) is 11.3 Å². The zero-order valence-corrected chi connectivity index (χ0v) is 20.2. The van der Waals surface area contributed by atoms with Crippen molar-refractivity contribution in [2.75, 3.05) is 19.0 Å². The summed E-state index contributed by atoms with van der Waals surface area (Å²) in [7, 11) is 1.60. The van der Waals surface area contributed by atoms with Crippen LogP contribution in [0.3, 0.4) is 0 Å². The van der Waals surface area contributed by atoms with Gasteiger partial charge in [0.15, 0.2) is 5.78 Å². The third-order valence-electron chi connectivity index (χ3n) is 5.87.